The molecule has 0 saturated carbocycles. The summed E-state index contributed by atoms with van der Waals surface area (Å²) < 4.78 is 18.8. The Bertz CT molecular complexity index is 570. The predicted molar refractivity (Wildman–Crippen MR) is 71.8 cm³/mol. The van der Waals surface area contributed by atoms with Gasteiger partial charge in [-0.25, -0.2) is 4.39 Å². The van der Waals surface area contributed by atoms with Crippen LogP contribution >= 0.6 is 11.6 Å². The molecule has 0 atom stereocenters. The molecule has 0 fully saturated rings. The quantitative estimate of drug-likeness (QED) is 0.776. The van der Waals surface area contributed by atoms with Crippen molar-refractivity contribution < 1.29 is 13.9 Å². The molecule has 0 spiro atoms. The van der Waals surface area contributed by atoms with E-state index in [1.54, 1.807) is 0 Å². The summed E-state index contributed by atoms with van der Waals surface area (Å²) in [5, 5.41) is 0.263. The van der Waals surface area contributed by atoms with E-state index in [2.05, 4.69) is 0 Å². The van der Waals surface area contributed by atoms with Gasteiger partial charge in [-0.1, -0.05) is 41.9 Å². The van der Waals surface area contributed by atoms with Crippen LogP contribution in [0.25, 0.3) is 0 Å². The lowest BCUT2D eigenvalue weighted by molar-refractivity contribution is 0.0722. The molecule has 0 aliphatic carbocycles. The molecule has 0 N–H and O–H groups in total. The predicted octanol–water partition coefficient (Wildman–Crippen LogP) is 3.88. The SMILES string of the molecule is O=C(COCc1ccccc1)c1ccc(Cl)cc1F. The van der Waals surface area contributed by atoms with Crippen molar-refractivity contribution in [2.75, 3.05) is 6.61 Å². The van der Waals surface area contributed by atoms with Crippen LogP contribution in [-0.4, -0.2) is 12.4 Å². The minimum absolute atomic E-state index is 0.00235. The number of carbonyl (C=O) groups is 1. The van der Waals surface area contributed by atoms with E-state index in [0.29, 0.717) is 6.61 Å². The van der Waals surface area contributed by atoms with Gasteiger partial charge in [0.25, 0.3) is 0 Å². The van der Waals surface area contributed by atoms with Crippen molar-refractivity contribution in [3.05, 3.63) is 70.5 Å². The molecule has 0 saturated heterocycles. The maximum atomic E-state index is 13.5. The Labute approximate surface area is 115 Å². The molecule has 98 valence electrons. The van der Waals surface area contributed by atoms with E-state index in [4.69, 9.17) is 16.3 Å². The summed E-state index contributed by atoms with van der Waals surface area (Å²) in [7, 11) is 0. The Morgan fingerprint density at radius 3 is 2.58 bits per heavy atom. The molecule has 0 radical (unpaired) electrons. The van der Waals surface area contributed by atoms with Crippen LogP contribution < -0.4 is 0 Å². The molecule has 0 amide bonds. The maximum absolute atomic E-state index is 13.5. The average molecular weight is 279 g/mol. The van der Waals surface area contributed by atoms with E-state index in [1.807, 2.05) is 30.3 Å². The third-order valence-electron chi connectivity index (χ3n) is 2.58. The molecule has 0 heterocycles. The smallest absolute Gasteiger partial charge is 0.191 e. The van der Waals surface area contributed by atoms with Gasteiger partial charge in [0.05, 0.1) is 12.2 Å². The second-order valence-corrected chi connectivity index (χ2v) is 4.46. The normalized spacial score (nSPS) is 10.4. The van der Waals surface area contributed by atoms with E-state index in [-0.39, 0.29) is 17.2 Å². The van der Waals surface area contributed by atoms with Crippen molar-refractivity contribution in [1.82, 2.24) is 0 Å². The molecule has 0 aliphatic heterocycles. The minimum atomic E-state index is -0.624. The molecule has 0 aromatic heterocycles. The van der Waals surface area contributed by atoms with Gasteiger partial charge < -0.3 is 4.74 Å². The fourth-order valence-electron chi connectivity index (χ4n) is 1.63. The largest absolute Gasteiger partial charge is 0.369 e. The van der Waals surface area contributed by atoms with Gasteiger partial charge in [0, 0.05) is 5.02 Å². The molecular weight excluding hydrogens is 267 g/mol. The van der Waals surface area contributed by atoms with Gasteiger partial charge in [0.15, 0.2) is 5.78 Å². The molecule has 4 heteroatoms. The van der Waals surface area contributed by atoms with Crippen molar-refractivity contribution in [1.29, 1.82) is 0 Å². The highest BCUT2D eigenvalue weighted by atomic mass is 35.5. The highest BCUT2D eigenvalue weighted by Crippen LogP contribution is 2.15. The standard InChI is InChI=1S/C15H12ClFO2/c16-12-6-7-13(14(17)8-12)15(18)10-19-9-11-4-2-1-3-5-11/h1-8H,9-10H2. The number of benzene rings is 2. The Kier molecular flexibility index (Phi) is 4.66. The molecule has 0 aliphatic rings. The third-order valence-corrected chi connectivity index (χ3v) is 2.81. The molecule has 19 heavy (non-hydrogen) atoms. The fourth-order valence-corrected chi connectivity index (χ4v) is 1.79. The number of carbonyl (C=O) groups excluding carboxylic acids is 1. The molecule has 0 unspecified atom stereocenters. The van der Waals surface area contributed by atoms with Crippen LogP contribution in [0.1, 0.15) is 15.9 Å². The number of halogens is 2. The summed E-state index contributed by atoms with van der Waals surface area (Å²) in [6.45, 7) is 0.162. The van der Waals surface area contributed by atoms with E-state index in [9.17, 15) is 9.18 Å². The summed E-state index contributed by atoms with van der Waals surface area (Å²) in [6.07, 6.45) is 0. The zero-order valence-corrected chi connectivity index (χ0v) is 10.9. The summed E-state index contributed by atoms with van der Waals surface area (Å²) in [5.74, 6) is -1.02. The number of rotatable bonds is 5. The lowest BCUT2D eigenvalue weighted by atomic mass is 10.1. The average Bonchev–Trinajstić information content (AvgIpc) is 2.39. The Balaban J connectivity index is 1.91. The summed E-state index contributed by atoms with van der Waals surface area (Å²) in [6, 6.07) is 13.4. The van der Waals surface area contributed by atoms with Gasteiger partial charge in [0.2, 0.25) is 0 Å². The summed E-state index contributed by atoms with van der Waals surface area (Å²) in [4.78, 5) is 11.8. The fraction of sp³-hybridized carbons (Fsp3) is 0.133. The van der Waals surface area contributed by atoms with Gasteiger partial charge in [-0.15, -0.1) is 0 Å². The van der Waals surface area contributed by atoms with Crippen LogP contribution in [0.3, 0.4) is 0 Å². The first-order valence-electron chi connectivity index (χ1n) is 5.77. The topological polar surface area (TPSA) is 26.3 Å². The molecule has 0 bridgehead atoms. The molecule has 2 aromatic rings. The number of ether oxygens (including phenoxy) is 1. The summed E-state index contributed by atoms with van der Waals surface area (Å²) in [5.41, 5.74) is 0.962. The van der Waals surface area contributed by atoms with Crippen LogP contribution in [0.4, 0.5) is 4.39 Å². The first-order chi connectivity index (χ1) is 9.16. The third kappa shape index (κ3) is 3.88. The number of hydrogen-bond acceptors (Lipinski definition) is 2. The number of ketones is 1. The van der Waals surface area contributed by atoms with Gasteiger partial charge >= 0.3 is 0 Å². The first-order valence-corrected chi connectivity index (χ1v) is 6.14. The molecular formula is C15H12ClFO2. The Morgan fingerprint density at radius 1 is 1.16 bits per heavy atom. The van der Waals surface area contributed by atoms with E-state index >= 15 is 0 Å². The molecule has 2 nitrogen and oxygen atoms in total. The van der Waals surface area contributed by atoms with Crippen molar-refractivity contribution in [3.63, 3.8) is 0 Å². The lowest BCUT2D eigenvalue weighted by Gasteiger charge is -2.05. The van der Waals surface area contributed by atoms with Crippen LogP contribution in [0.5, 0.6) is 0 Å². The van der Waals surface area contributed by atoms with Crippen LogP contribution in [0.15, 0.2) is 48.5 Å². The number of Topliss-reactive ketones (excluding diaryl/α,β-unsaturated/α-hetero) is 1. The second-order valence-electron chi connectivity index (χ2n) is 4.03. The van der Waals surface area contributed by atoms with Gasteiger partial charge in [-0.3, -0.25) is 4.79 Å². The van der Waals surface area contributed by atoms with Crippen molar-refractivity contribution >= 4 is 17.4 Å². The van der Waals surface area contributed by atoms with Crippen LogP contribution in [-0.2, 0) is 11.3 Å². The van der Waals surface area contributed by atoms with E-state index in [0.717, 1.165) is 11.6 Å². The maximum Gasteiger partial charge on any atom is 0.191 e. The second kappa shape index (κ2) is 6.45. The van der Waals surface area contributed by atoms with Crippen LogP contribution in [0.2, 0.25) is 5.02 Å². The van der Waals surface area contributed by atoms with Crippen molar-refractivity contribution in [2.45, 2.75) is 6.61 Å². The molecule has 2 aromatic carbocycles. The zero-order chi connectivity index (χ0) is 13.7. The highest BCUT2D eigenvalue weighted by molar-refractivity contribution is 6.30. The Morgan fingerprint density at radius 2 is 1.89 bits per heavy atom. The minimum Gasteiger partial charge on any atom is -0.369 e. The van der Waals surface area contributed by atoms with Gasteiger partial charge in [-0.2, -0.15) is 0 Å². The van der Waals surface area contributed by atoms with E-state index in [1.165, 1.54) is 12.1 Å². The summed E-state index contributed by atoms with van der Waals surface area (Å²) >= 11 is 5.62. The number of hydrogen-bond donors (Lipinski definition) is 0. The first kappa shape index (κ1) is 13.7. The highest BCUT2D eigenvalue weighted by Gasteiger charge is 2.12. The monoisotopic (exact) mass is 278 g/mol. The molecule has 2 rings (SSSR count). The van der Waals surface area contributed by atoms with Crippen LogP contribution in [0, 0.1) is 5.82 Å². The van der Waals surface area contributed by atoms with Crippen molar-refractivity contribution in [3.8, 4) is 0 Å². The zero-order valence-electron chi connectivity index (χ0n) is 10.1. The Hall–Kier alpha value is -1.71. The van der Waals surface area contributed by atoms with Gasteiger partial charge in [-0.05, 0) is 23.8 Å². The lowest BCUT2D eigenvalue weighted by Crippen LogP contribution is -2.11. The van der Waals surface area contributed by atoms with Gasteiger partial charge in [0.1, 0.15) is 12.4 Å². The van der Waals surface area contributed by atoms with E-state index < -0.39 is 11.6 Å². The van der Waals surface area contributed by atoms with Crippen molar-refractivity contribution in [2.24, 2.45) is 0 Å².